The molecule has 7 heteroatoms. The Morgan fingerprint density at radius 2 is 2.00 bits per heavy atom. The van der Waals surface area contributed by atoms with Crippen molar-refractivity contribution >= 4 is 10.0 Å². The smallest absolute Gasteiger partial charge is 0.240 e. The molecule has 0 aromatic heterocycles. The normalized spacial score (nSPS) is 11.7. The molecule has 0 saturated carbocycles. The standard InChI is InChI=1S/C8H10F2N2O2S/c1-12-4-5-6(9)2-3-7(8(5)10)15(11,13)14/h2-3,12H,4H2,1H3,(H2,11,13,14). The van der Waals surface area contributed by atoms with Gasteiger partial charge in [0.15, 0.2) is 5.82 Å². The molecule has 1 aromatic carbocycles. The van der Waals surface area contributed by atoms with Gasteiger partial charge in [-0.2, -0.15) is 0 Å². The van der Waals surface area contributed by atoms with Crippen LogP contribution in [0.2, 0.25) is 0 Å². The maximum absolute atomic E-state index is 13.5. The largest absolute Gasteiger partial charge is 0.315 e. The molecule has 84 valence electrons. The number of primary sulfonamides is 1. The van der Waals surface area contributed by atoms with Gasteiger partial charge >= 0.3 is 0 Å². The molecule has 15 heavy (non-hydrogen) atoms. The van der Waals surface area contributed by atoms with Crippen LogP contribution in [0.15, 0.2) is 17.0 Å². The van der Waals surface area contributed by atoms with Crippen LogP contribution in [0, 0.1) is 11.6 Å². The highest BCUT2D eigenvalue weighted by molar-refractivity contribution is 7.89. The lowest BCUT2D eigenvalue weighted by molar-refractivity contribution is 0.521. The highest BCUT2D eigenvalue weighted by Gasteiger charge is 2.19. The van der Waals surface area contributed by atoms with Crippen LogP contribution in [0.3, 0.4) is 0 Å². The van der Waals surface area contributed by atoms with E-state index in [1.54, 1.807) is 0 Å². The van der Waals surface area contributed by atoms with Gasteiger partial charge in [0.05, 0.1) is 0 Å². The van der Waals surface area contributed by atoms with Gasteiger partial charge in [-0.3, -0.25) is 0 Å². The minimum Gasteiger partial charge on any atom is -0.315 e. The third kappa shape index (κ3) is 2.49. The van der Waals surface area contributed by atoms with Crippen LogP contribution in [-0.4, -0.2) is 15.5 Å². The van der Waals surface area contributed by atoms with E-state index in [1.807, 2.05) is 0 Å². The van der Waals surface area contributed by atoms with Crippen molar-refractivity contribution in [2.45, 2.75) is 11.4 Å². The zero-order valence-corrected chi connectivity index (χ0v) is 8.74. The molecule has 0 aliphatic carbocycles. The molecule has 0 aliphatic heterocycles. The fourth-order valence-electron chi connectivity index (χ4n) is 1.13. The van der Waals surface area contributed by atoms with Gasteiger partial charge < -0.3 is 5.32 Å². The molecule has 3 N–H and O–H groups in total. The number of hydrogen-bond acceptors (Lipinski definition) is 3. The molecule has 0 amide bonds. The molecule has 0 unspecified atom stereocenters. The molecule has 0 radical (unpaired) electrons. The fourth-order valence-corrected chi connectivity index (χ4v) is 1.77. The van der Waals surface area contributed by atoms with E-state index in [0.29, 0.717) is 0 Å². The molecular weight excluding hydrogens is 226 g/mol. The summed E-state index contributed by atoms with van der Waals surface area (Å²) in [6.07, 6.45) is 0. The average Bonchev–Trinajstić information content (AvgIpc) is 2.09. The summed E-state index contributed by atoms with van der Waals surface area (Å²) < 4.78 is 48.4. The van der Waals surface area contributed by atoms with Crippen molar-refractivity contribution in [2.24, 2.45) is 5.14 Å². The maximum atomic E-state index is 13.5. The van der Waals surface area contributed by atoms with E-state index in [1.165, 1.54) is 7.05 Å². The first-order valence-corrected chi connectivity index (χ1v) is 5.57. The Hall–Kier alpha value is -1.05. The highest BCUT2D eigenvalue weighted by Crippen LogP contribution is 2.19. The number of hydrogen-bond donors (Lipinski definition) is 2. The van der Waals surface area contributed by atoms with Crippen molar-refractivity contribution in [3.8, 4) is 0 Å². The Morgan fingerprint density at radius 1 is 1.40 bits per heavy atom. The Kier molecular flexibility index (Phi) is 3.38. The van der Waals surface area contributed by atoms with E-state index in [-0.39, 0.29) is 12.1 Å². The molecule has 0 saturated heterocycles. The lowest BCUT2D eigenvalue weighted by Crippen LogP contribution is -2.17. The Bertz CT molecular complexity index is 474. The first-order valence-electron chi connectivity index (χ1n) is 4.02. The Labute approximate surface area is 86.1 Å². The molecule has 0 fully saturated rings. The lowest BCUT2D eigenvalue weighted by Gasteiger charge is -2.07. The summed E-state index contributed by atoms with van der Waals surface area (Å²) in [7, 11) is -2.67. The number of nitrogens with one attached hydrogen (secondary N) is 1. The maximum Gasteiger partial charge on any atom is 0.240 e. The van der Waals surface area contributed by atoms with Gasteiger partial charge in [-0.25, -0.2) is 22.3 Å². The summed E-state index contributed by atoms with van der Waals surface area (Å²) in [5.74, 6) is -1.96. The van der Waals surface area contributed by atoms with Gasteiger partial charge in [0.25, 0.3) is 0 Å². The van der Waals surface area contributed by atoms with E-state index in [0.717, 1.165) is 12.1 Å². The van der Waals surface area contributed by atoms with Gasteiger partial charge in [0, 0.05) is 12.1 Å². The lowest BCUT2D eigenvalue weighted by atomic mass is 10.2. The number of rotatable bonds is 3. The zero-order chi connectivity index (χ0) is 11.6. The van der Waals surface area contributed by atoms with Gasteiger partial charge in [0.1, 0.15) is 10.7 Å². The quantitative estimate of drug-likeness (QED) is 0.794. The third-order valence-electron chi connectivity index (χ3n) is 1.81. The van der Waals surface area contributed by atoms with Crippen LogP contribution < -0.4 is 10.5 Å². The summed E-state index contributed by atoms with van der Waals surface area (Å²) in [6.45, 7) is -0.110. The zero-order valence-electron chi connectivity index (χ0n) is 7.92. The van der Waals surface area contributed by atoms with Gasteiger partial charge in [-0.05, 0) is 19.2 Å². The highest BCUT2D eigenvalue weighted by atomic mass is 32.2. The SMILES string of the molecule is CNCc1c(F)ccc(S(N)(=O)=O)c1F. The molecule has 1 aromatic rings. The van der Waals surface area contributed by atoms with Crippen LogP contribution in [0.5, 0.6) is 0 Å². The van der Waals surface area contributed by atoms with Crippen molar-refractivity contribution in [3.63, 3.8) is 0 Å². The van der Waals surface area contributed by atoms with E-state index in [9.17, 15) is 17.2 Å². The summed E-state index contributed by atoms with van der Waals surface area (Å²) in [5, 5.41) is 7.29. The van der Waals surface area contributed by atoms with Crippen LogP contribution >= 0.6 is 0 Å². The van der Waals surface area contributed by atoms with Crippen molar-refractivity contribution in [1.82, 2.24) is 5.32 Å². The minimum atomic E-state index is -4.16. The molecule has 0 bridgehead atoms. The van der Waals surface area contributed by atoms with Crippen LogP contribution in [-0.2, 0) is 16.6 Å². The van der Waals surface area contributed by atoms with E-state index >= 15 is 0 Å². The third-order valence-corrected chi connectivity index (χ3v) is 2.74. The number of benzene rings is 1. The monoisotopic (exact) mass is 236 g/mol. The Morgan fingerprint density at radius 3 is 2.47 bits per heavy atom. The second-order valence-electron chi connectivity index (χ2n) is 2.91. The second kappa shape index (κ2) is 4.21. The second-order valence-corrected chi connectivity index (χ2v) is 4.44. The molecule has 1 rings (SSSR count). The van der Waals surface area contributed by atoms with Crippen LogP contribution in [0.25, 0.3) is 0 Å². The predicted octanol–water partition coefficient (Wildman–Crippen LogP) is 0.332. The van der Waals surface area contributed by atoms with Gasteiger partial charge in [-0.1, -0.05) is 0 Å². The number of nitrogens with two attached hydrogens (primary N) is 1. The first-order chi connectivity index (χ1) is 6.88. The average molecular weight is 236 g/mol. The van der Waals surface area contributed by atoms with E-state index in [2.05, 4.69) is 5.32 Å². The summed E-state index contributed by atoms with van der Waals surface area (Å²) in [6, 6.07) is 1.68. The fraction of sp³-hybridized carbons (Fsp3) is 0.250. The van der Waals surface area contributed by atoms with Gasteiger partial charge in [0.2, 0.25) is 10.0 Å². The summed E-state index contributed by atoms with van der Waals surface area (Å²) in [5.41, 5.74) is -0.343. The van der Waals surface area contributed by atoms with Crippen molar-refractivity contribution in [2.75, 3.05) is 7.05 Å². The van der Waals surface area contributed by atoms with E-state index in [4.69, 9.17) is 5.14 Å². The summed E-state index contributed by atoms with van der Waals surface area (Å²) in [4.78, 5) is -0.700. The van der Waals surface area contributed by atoms with E-state index < -0.39 is 26.6 Å². The molecule has 0 heterocycles. The van der Waals surface area contributed by atoms with Gasteiger partial charge in [-0.15, -0.1) is 0 Å². The molecule has 0 atom stereocenters. The van der Waals surface area contributed by atoms with Crippen LogP contribution in [0.4, 0.5) is 8.78 Å². The molecule has 0 aliphatic rings. The molecule has 4 nitrogen and oxygen atoms in total. The van der Waals surface area contributed by atoms with Crippen molar-refractivity contribution < 1.29 is 17.2 Å². The number of sulfonamides is 1. The summed E-state index contributed by atoms with van der Waals surface area (Å²) >= 11 is 0. The number of halogens is 2. The first kappa shape index (κ1) is 12.0. The van der Waals surface area contributed by atoms with Crippen molar-refractivity contribution in [3.05, 3.63) is 29.3 Å². The molecule has 0 spiro atoms. The van der Waals surface area contributed by atoms with Crippen LogP contribution in [0.1, 0.15) is 5.56 Å². The molecular formula is C8H10F2N2O2S. The predicted molar refractivity (Wildman–Crippen MR) is 50.5 cm³/mol. The van der Waals surface area contributed by atoms with Crippen molar-refractivity contribution in [1.29, 1.82) is 0 Å². The minimum absolute atomic E-state index is 0.110. The topological polar surface area (TPSA) is 72.2 Å². The Balaban J connectivity index is 3.42.